The van der Waals surface area contributed by atoms with Gasteiger partial charge in [0.05, 0.1) is 0 Å². The molecule has 0 atom stereocenters. The van der Waals surface area contributed by atoms with Crippen LogP contribution < -0.4 is 4.46 Å². The number of hydrogen-bond acceptors (Lipinski definition) is 3. The van der Waals surface area contributed by atoms with Crippen LogP contribution in [0.5, 0.6) is 0 Å². The number of nitrogens with zero attached hydrogens (tertiary/aromatic N) is 3. The summed E-state index contributed by atoms with van der Waals surface area (Å²) < 4.78 is 1.00. The van der Waals surface area contributed by atoms with Crippen LogP contribution in [0, 0.1) is 0 Å². The molecule has 45 heavy (non-hydrogen) atoms. The Morgan fingerprint density at radius 2 is 0.822 bits per heavy atom. The zero-order valence-electron chi connectivity index (χ0n) is 24.3. The molecule has 0 aliphatic rings. The molecule has 7 aromatic carbocycles. The molecule has 0 amide bonds. The second-order valence-corrected chi connectivity index (χ2v) is 11.8. The summed E-state index contributed by atoms with van der Waals surface area (Å²) in [5.74, 6) is 1.93. The fourth-order valence-electron chi connectivity index (χ4n) is 6.02. The zero-order valence-corrected chi connectivity index (χ0v) is 26.0. The van der Waals surface area contributed by atoms with Gasteiger partial charge in [0.2, 0.25) is 0 Å². The van der Waals surface area contributed by atoms with Crippen LogP contribution in [0.3, 0.4) is 0 Å². The molecule has 1 aromatic heterocycles. The van der Waals surface area contributed by atoms with Gasteiger partial charge in [-0.15, -0.1) is 0 Å². The average Bonchev–Trinajstić information content (AvgIpc) is 3.12. The summed E-state index contributed by atoms with van der Waals surface area (Å²) in [5.41, 5.74) is 7.46. The van der Waals surface area contributed by atoms with Crippen LogP contribution in [0.4, 0.5) is 0 Å². The van der Waals surface area contributed by atoms with Crippen LogP contribution in [0.15, 0.2) is 158 Å². The Labute approximate surface area is 270 Å². The van der Waals surface area contributed by atoms with E-state index in [2.05, 4.69) is 113 Å². The van der Waals surface area contributed by atoms with Gasteiger partial charge < -0.3 is 0 Å². The van der Waals surface area contributed by atoms with Gasteiger partial charge >= 0.3 is 271 Å². The molecule has 4 heteroatoms. The van der Waals surface area contributed by atoms with E-state index < -0.39 is 0 Å². The molecule has 8 aromatic rings. The number of aromatic nitrogens is 3. The van der Waals surface area contributed by atoms with Crippen molar-refractivity contribution in [3.8, 4) is 56.4 Å². The SMILES string of the molecule is [Se]c1c(-c2cccc(-c3cc4ccccc4c4ccccc34)c2)cccc1-c1nc(-c2ccccc2)nc(-c2ccccc2)n1. The molecule has 0 aliphatic heterocycles. The van der Waals surface area contributed by atoms with E-state index in [4.69, 9.17) is 15.0 Å². The van der Waals surface area contributed by atoms with E-state index >= 15 is 0 Å². The first-order valence-corrected chi connectivity index (χ1v) is 15.8. The normalized spacial score (nSPS) is 11.2. The summed E-state index contributed by atoms with van der Waals surface area (Å²) in [6.07, 6.45) is 0. The van der Waals surface area contributed by atoms with Gasteiger partial charge in [-0.1, -0.05) is 0 Å². The second-order valence-electron chi connectivity index (χ2n) is 11.0. The molecule has 1 heterocycles. The van der Waals surface area contributed by atoms with Crippen molar-refractivity contribution in [3.05, 3.63) is 158 Å². The summed E-state index contributed by atoms with van der Waals surface area (Å²) >= 11 is 3.37. The molecular formula is C41H26N3Se. The standard InChI is InChI=1S/C41H26N3Se/c45-38-33(29-18-11-19-30(25-29)37-26-31-17-7-8-20-32(31)34-21-9-10-22-35(34)37)23-12-24-36(38)41-43-39(27-13-3-1-4-14-27)42-40(44-41)28-15-5-2-6-16-28/h1-26H. The van der Waals surface area contributed by atoms with Crippen LogP contribution in [0.2, 0.25) is 0 Å². The first kappa shape index (κ1) is 27.2. The molecule has 0 unspecified atom stereocenters. The van der Waals surface area contributed by atoms with Crippen molar-refractivity contribution in [2.24, 2.45) is 0 Å². The summed E-state index contributed by atoms with van der Waals surface area (Å²) in [5, 5.41) is 5.02. The number of hydrogen-bond donors (Lipinski definition) is 0. The van der Waals surface area contributed by atoms with Crippen molar-refractivity contribution >= 4 is 42.0 Å². The zero-order chi connectivity index (χ0) is 30.2. The molecule has 0 saturated carbocycles. The Bertz CT molecular complexity index is 2280. The van der Waals surface area contributed by atoms with Crippen molar-refractivity contribution in [3.63, 3.8) is 0 Å². The Morgan fingerprint density at radius 3 is 1.51 bits per heavy atom. The molecular weight excluding hydrogens is 613 g/mol. The van der Waals surface area contributed by atoms with Gasteiger partial charge in [0, 0.05) is 0 Å². The molecule has 211 valence electrons. The molecule has 1 radical (unpaired) electrons. The van der Waals surface area contributed by atoms with Crippen LogP contribution in [0.1, 0.15) is 0 Å². The van der Waals surface area contributed by atoms with Gasteiger partial charge in [-0.2, -0.15) is 0 Å². The summed E-state index contributed by atoms with van der Waals surface area (Å²) in [4.78, 5) is 14.8. The first-order chi connectivity index (χ1) is 22.2. The number of rotatable bonds is 5. The fraction of sp³-hybridized carbons (Fsp3) is 0. The Hall–Kier alpha value is -5.41. The quantitative estimate of drug-likeness (QED) is 0.139. The Kier molecular flexibility index (Phi) is 7.00. The molecule has 0 aliphatic carbocycles. The Morgan fingerprint density at radius 1 is 0.333 bits per heavy atom. The van der Waals surface area contributed by atoms with Crippen molar-refractivity contribution in [2.45, 2.75) is 0 Å². The maximum absolute atomic E-state index is 4.98. The van der Waals surface area contributed by atoms with Crippen LogP contribution in [-0.2, 0) is 0 Å². The fourth-order valence-corrected chi connectivity index (χ4v) is 6.74. The second kappa shape index (κ2) is 11.6. The van der Waals surface area contributed by atoms with Gasteiger partial charge in [-0.3, -0.25) is 0 Å². The maximum atomic E-state index is 4.98. The van der Waals surface area contributed by atoms with Crippen molar-refractivity contribution in [1.82, 2.24) is 15.0 Å². The van der Waals surface area contributed by atoms with Crippen molar-refractivity contribution < 1.29 is 0 Å². The van der Waals surface area contributed by atoms with Gasteiger partial charge in [0.25, 0.3) is 0 Å². The van der Waals surface area contributed by atoms with Gasteiger partial charge in [0.15, 0.2) is 0 Å². The summed E-state index contributed by atoms with van der Waals surface area (Å²) in [6, 6.07) is 54.9. The molecule has 8 rings (SSSR count). The number of benzene rings is 7. The van der Waals surface area contributed by atoms with Crippen molar-refractivity contribution in [1.29, 1.82) is 0 Å². The molecule has 0 fully saturated rings. The average molecular weight is 640 g/mol. The summed E-state index contributed by atoms with van der Waals surface area (Å²) in [6.45, 7) is 0. The van der Waals surface area contributed by atoms with E-state index in [1.54, 1.807) is 0 Å². The van der Waals surface area contributed by atoms with Crippen LogP contribution in [0.25, 0.3) is 78.0 Å². The molecule has 0 N–H and O–H groups in total. The van der Waals surface area contributed by atoms with E-state index in [0.29, 0.717) is 17.5 Å². The van der Waals surface area contributed by atoms with E-state index in [0.717, 1.165) is 32.3 Å². The predicted octanol–water partition coefficient (Wildman–Crippen LogP) is 9.31. The third-order valence-electron chi connectivity index (χ3n) is 8.21. The molecule has 0 spiro atoms. The third kappa shape index (κ3) is 5.11. The Balaban J connectivity index is 1.27. The van der Waals surface area contributed by atoms with Gasteiger partial charge in [0.1, 0.15) is 0 Å². The van der Waals surface area contributed by atoms with Gasteiger partial charge in [-0.25, -0.2) is 0 Å². The minimum atomic E-state index is 0.634. The molecule has 3 nitrogen and oxygen atoms in total. The van der Waals surface area contributed by atoms with E-state index in [9.17, 15) is 0 Å². The number of fused-ring (bicyclic) bond motifs is 3. The molecule has 0 saturated heterocycles. The first-order valence-electron chi connectivity index (χ1n) is 14.9. The van der Waals surface area contributed by atoms with E-state index in [1.807, 2.05) is 60.7 Å². The minimum absolute atomic E-state index is 0.634. The van der Waals surface area contributed by atoms with Crippen molar-refractivity contribution in [2.75, 3.05) is 0 Å². The van der Waals surface area contributed by atoms with Gasteiger partial charge in [-0.05, 0) is 0 Å². The topological polar surface area (TPSA) is 38.7 Å². The third-order valence-corrected chi connectivity index (χ3v) is 9.13. The van der Waals surface area contributed by atoms with E-state index in [-0.39, 0.29) is 0 Å². The predicted molar refractivity (Wildman–Crippen MR) is 187 cm³/mol. The molecule has 0 bridgehead atoms. The summed E-state index contributed by atoms with van der Waals surface area (Å²) in [7, 11) is 0. The van der Waals surface area contributed by atoms with Crippen LogP contribution >= 0.6 is 0 Å². The van der Waals surface area contributed by atoms with Crippen LogP contribution in [-0.4, -0.2) is 31.0 Å². The van der Waals surface area contributed by atoms with E-state index in [1.165, 1.54) is 32.7 Å². The monoisotopic (exact) mass is 640 g/mol.